The van der Waals surface area contributed by atoms with Crippen LogP contribution in [0.25, 0.3) is 11.2 Å². The van der Waals surface area contributed by atoms with Gasteiger partial charge in [-0.15, -0.1) is 0 Å². The zero-order chi connectivity index (χ0) is 22.7. The molecule has 3 aromatic heterocycles. The highest BCUT2D eigenvalue weighted by atomic mass is 16.3. The molecule has 0 saturated carbocycles. The highest BCUT2D eigenvalue weighted by Crippen LogP contribution is 2.12. The van der Waals surface area contributed by atoms with Gasteiger partial charge in [0, 0.05) is 12.2 Å². The summed E-state index contributed by atoms with van der Waals surface area (Å²) in [5.74, 6) is 0.199. The van der Waals surface area contributed by atoms with E-state index in [2.05, 4.69) is 10.3 Å². The summed E-state index contributed by atoms with van der Waals surface area (Å²) >= 11 is 0. The molecule has 0 aliphatic carbocycles. The van der Waals surface area contributed by atoms with Crippen molar-refractivity contribution in [3.63, 3.8) is 0 Å². The highest BCUT2D eigenvalue weighted by Gasteiger charge is 2.20. The molecule has 0 unspecified atom stereocenters. The topological polar surface area (TPSA) is 104 Å². The Morgan fingerprint density at radius 2 is 1.91 bits per heavy atom. The van der Waals surface area contributed by atoms with E-state index in [-0.39, 0.29) is 12.1 Å². The van der Waals surface area contributed by atoms with Crippen molar-refractivity contribution in [1.29, 1.82) is 0 Å². The Morgan fingerprint density at radius 3 is 2.59 bits per heavy atom. The number of rotatable bonds is 8. The maximum absolute atomic E-state index is 13.3. The molecule has 0 fully saturated rings. The number of carbonyl (C=O) groups excluding carboxylic acids is 1. The minimum atomic E-state index is -0.555. The fourth-order valence-electron chi connectivity index (χ4n) is 3.57. The zero-order valence-electron chi connectivity index (χ0n) is 18.1. The van der Waals surface area contributed by atoms with Crippen LogP contribution in [-0.4, -0.2) is 24.6 Å². The molecule has 0 aliphatic heterocycles. The Balaban J connectivity index is 1.74. The molecule has 1 N–H and O–H groups in total. The first-order valence-electron chi connectivity index (χ1n) is 10.5. The van der Waals surface area contributed by atoms with Gasteiger partial charge in [0.25, 0.3) is 5.56 Å². The Bertz CT molecular complexity index is 1340. The van der Waals surface area contributed by atoms with E-state index in [0.717, 1.165) is 23.0 Å². The molecule has 1 aromatic carbocycles. The summed E-state index contributed by atoms with van der Waals surface area (Å²) in [4.78, 5) is 43.4. The first-order chi connectivity index (χ1) is 15.5. The van der Waals surface area contributed by atoms with Crippen LogP contribution in [0.1, 0.15) is 31.1 Å². The molecule has 0 bridgehead atoms. The molecule has 0 atom stereocenters. The van der Waals surface area contributed by atoms with Crippen molar-refractivity contribution in [2.45, 2.75) is 46.3 Å². The predicted octanol–water partition coefficient (Wildman–Crippen LogP) is 2.75. The lowest BCUT2D eigenvalue weighted by molar-refractivity contribution is -0.116. The van der Waals surface area contributed by atoms with E-state index in [1.165, 1.54) is 10.9 Å². The highest BCUT2D eigenvalue weighted by molar-refractivity contribution is 5.90. The minimum Gasteiger partial charge on any atom is -0.467 e. The van der Waals surface area contributed by atoms with Gasteiger partial charge in [0.15, 0.2) is 11.2 Å². The SMILES string of the molecule is CCCCn1c(=O)n(CC(=O)Nc2ccc(C)cc2)c(=O)c2c1ncn2Cc1ccco1. The van der Waals surface area contributed by atoms with Gasteiger partial charge in [-0.05, 0) is 37.6 Å². The number of unbranched alkanes of at least 4 members (excludes halogenated alkanes) is 1. The average Bonchev–Trinajstić information content (AvgIpc) is 3.43. The molecule has 4 rings (SSSR count). The summed E-state index contributed by atoms with van der Waals surface area (Å²) in [7, 11) is 0. The monoisotopic (exact) mass is 435 g/mol. The molecule has 166 valence electrons. The number of benzene rings is 1. The Morgan fingerprint density at radius 1 is 1.12 bits per heavy atom. The molecule has 0 spiro atoms. The van der Waals surface area contributed by atoms with Gasteiger partial charge >= 0.3 is 5.69 Å². The second-order valence-corrected chi connectivity index (χ2v) is 7.72. The number of hydrogen-bond donors (Lipinski definition) is 1. The fraction of sp³-hybridized carbons (Fsp3) is 0.304. The van der Waals surface area contributed by atoms with E-state index in [4.69, 9.17) is 4.42 Å². The molecular weight excluding hydrogens is 410 g/mol. The van der Waals surface area contributed by atoms with Crippen LogP contribution in [0.5, 0.6) is 0 Å². The molecule has 9 heteroatoms. The zero-order valence-corrected chi connectivity index (χ0v) is 18.1. The van der Waals surface area contributed by atoms with Gasteiger partial charge in [0.05, 0.1) is 19.1 Å². The van der Waals surface area contributed by atoms with E-state index in [1.54, 1.807) is 35.1 Å². The van der Waals surface area contributed by atoms with Crippen LogP contribution in [0.15, 0.2) is 63.0 Å². The quantitative estimate of drug-likeness (QED) is 0.458. The number of nitrogens with zero attached hydrogens (tertiary/aromatic N) is 4. The number of carbonyl (C=O) groups is 1. The Labute approximate surface area is 183 Å². The third-order valence-corrected chi connectivity index (χ3v) is 5.26. The number of fused-ring (bicyclic) bond motifs is 1. The second kappa shape index (κ2) is 9.09. The van der Waals surface area contributed by atoms with Crippen molar-refractivity contribution in [1.82, 2.24) is 18.7 Å². The molecule has 0 saturated heterocycles. The van der Waals surface area contributed by atoms with Crippen LogP contribution >= 0.6 is 0 Å². The number of furan rings is 1. The van der Waals surface area contributed by atoms with E-state index in [0.29, 0.717) is 30.2 Å². The summed E-state index contributed by atoms with van der Waals surface area (Å²) in [6.07, 6.45) is 4.69. The number of aryl methyl sites for hydroxylation is 2. The van der Waals surface area contributed by atoms with Crippen LogP contribution in [0, 0.1) is 6.92 Å². The lowest BCUT2D eigenvalue weighted by Crippen LogP contribution is -2.43. The standard InChI is InChI=1S/C23H25N5O4/c1-3-4-11-27-21-20(26(15-24-21)13-18-6-5-12-32-18)22(30)28(23(27)31)14-19(29)25-17-9-7-16(2)8-10-17/h5-10,12,15H,3-4,11,13-14H2,1-2H3,(H,25,29). The lowest BCUT2D eigenvalue weighted by atomic mass is 10.2. The summed E-state index contributed by atoms with van der Waals surface area (Å²) < 4.78 is 9.48. The first kappa shape index (κ1) is 21.4. The second-order valence-electron chi connectivity index (χ2n) is 7.72. The predicted molar refractivity (Wildman–Crippen MR) is 121 cm³/mol. The van der Waals surface area contributed by atoms with Crippen LogP contribution < -0.4 is 16.6 Å². The first-order valence-corrected chi connectivity index (χ1v) is 10.5. The van der Waals surface area contributed by atoms with Crippen molar-refractivity contribution >= 4 is 22.8 Å². The summed E-state index contributed by atoms with van der Waals surface area (Å²) in [5, 5.41) is 2.74. The molecule has 0 radical (unpaired) electrons. The Kier molecular flexibility index (Phi) is 6.07. The van der Waals surface area contributed by atoms with Crippen LogP contribution in [0.4, 0.5) is 5.69 Å². The number of anilines is 1. The molecule has 1 amide bonds. The van der Waals surface area contributed by atoms with Crippen LogP contribution in [0.3, 0.4) is 0 Å². The summed E-state index contributed by atoms with van der Waals surface area (Å²) in [5.41, 5.74) is 1.15. The smallest absolute Gasteiger partial charge is 0.333 e. The molecule has 4 aromatic rings. The van der Waals surface area contributed by atoms with Crippen molar-refractivity contribution < 1.29 is 9.21 Å². The minimum absolute atomic E-state index is 0.264. The molecule has 32 heavy (non-hydrogen) atoms. The molecule has 3 heterocycles. The summed E-state index contributed by atoms with van der Waals surface area (Å²) in [6.45, 7) is 4.27. The van der Waals surface area contributed by atoms with Gasteiger partial charge in [-0.3, -0.25) is 14.2 Å². The average molecular weight is 435 g/mol. The third-order valence-electron chi connectivity index (χ3n) is 5.26. The van der Waals surface area contributed by atoms with Crippen molar-refractivity contribution in [2.75, 3.05) is 5.32 Å². The largest absolute Gasteiger partial charge is 0.467 e. The maximum atomic E-state index is 13.3. The summed E-state index contributed by atoms with van der Waals surface area (Å²) in [6, 6.07) is 10.9. The normalized spacial score (nSPS) is 11.2. The maximum Gasteiger partial charge on any atom is 0.333 e. The van der Waals surface area contributed by atoms with E-state index in [1.807, 2.05) is 26.0 Å². The molecule has 9 nitrogen and oxygen atoms in total. The number of amides is 1. The number of nitrogens with one attached hydrogen (secondary N) is 1. The third kappa shape index (κ3) is 4.27. The van der Waals surface area contributed by atoms with E-state index in [9.17, 15) is 14.4 Å². The van der Waals surface area contributed by atoms with Crippen molar-refractivity contribution in [3.05, 3.63) is 81.2 Å². The van der Waals surface area contributed by atoms with E-state index >= 15 is 0 Å². The fourth-order valence-corrected chi connectivity index (χ4v) is 3.57. The van der Waals surface area contributed by atoms with Gasteiger partial charge in [0.1, 0.15) is 12.3 Å². The van der Waals surface area contributed by atoms with Crippen molar-refractivity contribution in [3.8, 4) is 0 Å². The number of imidazole rings is 1. The van der Waals surface area contributed by atoms with E-state index < -0.39 is 17.2 Å². The van der Waals surface area contributed by atoms with Crippen molar-refractivity contribution in [2.24, 2.45) is 0 Å². The number of hydrogen-bond acceptors (Lipinski definition) is 5. The van der Waals surface area contributed by atoms with Gasteiger partial charge in [0.2, 0.25) is 5.91 Å². The lowest BCUT2D eigenvalue weighted by Gasteiger charge is -2.12. The van der Waals surface area contributed by atoms with Gasteiger partial charge in [-0.25, -0.2) is 14.3 Å². The Hall–Kier alpha value is -3.88. The van der Waals surface area contributed by atoms with Crippen LogP contribution in [-0.2, 0) is 24.4 Å². The van der Waals surface area contributed by atoms with Crippen LogP contribution in [0.2, 0.25) is 0 Å². The van der Waals surface area contributed by atoms with Gasteiger partial charge in [-0.1, -0.05) is 31.0 Å². The molecule has 0 aliphatic rings. The van der Waals surface area contributed by atoms with Gasteiger partial charge < -0.3 is 14.3 Å². The van der Waals surface area contributed by atoms with Gasteiger partial charge in [-0.2, -0.15) is 0 Å². The molecular formula is C23H25N5O4. The number of aromatic nitrogens is 4.